The van der Waals surface area contributed by atoms with Gasteiger partial charge in [0.05, 0.1) is 11.3 Å². The SMILES string of the molecule is CC1(O)CCCN(c2ccc(/C(N)=N/O)cc2Br)CC1. The summed E-state index contributed by atoms with van der Waals surface area (Å²) in [5.41, 5.74) is 6.75. The number of nitrogens with zero attached hydrogens (tertiary/aromatic N) is 2. The van der Waals surface area contributed by atoms with Crippen molar-refractivity contribution in [1.82, 2.24) is 0 Å². The number of hydrogen-bond acceptors (Lipinski definition) is 4. The molecule has 0 bridgehead atoms. The van der Waals surface area contributed by atoms with Crippen molar-refractivity contribution >= 4 is 27.5 Å². The van der Waals surface area contributed by atoms with Crippen LogP contribution in [0, 0.1) is 0 Å². The molecule has 6 heteroatoms. The molecule has 4 N–H and O–H groups in total. The van der Waals surface area contributed by atoms with Gasteiger partial charge in [-0.25, -0.2) is 0 Å². The fourth-order valence-electron chi connectivity index (χ4n) is 2.48. The van der Waals surface area contributed by atoms with Gasteiger partial charge in [0.1, 0.15) is 0 Å². The maximum atomic E-state index is 10.1. The Balaban J connectivity index is 2.21. The third-order valence-corrected chi connectivity index (χ3v) is 4.39. The highest BCUT2D eigenvalue weighted by Gasteiger charge is 2.25. The van der Waals surface area contributed by atoms with Gasteiger partial charge in [0.25, 0.3) is 0 Å². The molecule has 1 fully saturated rings. The first-order chi connectivity index (χ1) is 9.43. The van der Waals surface area contributed by atoms with E-state index in [1.54, 1.807) is 0 Å². The lowest BCUT2D eigenvalue weighted by Crippen LogP contribution is -2.28. The Morgan fingerprint density at radius 3 is 2.80 bits per heavy atom. The van der Waals surface area contributed by atoms with E-state index in [9.17, 15) is 5.11 Å². The summed E-state index contributed by atoms with van der Waals surface area (Å²) in [4.78, 5) is 2.25. The molecule has 1 heterocycles. The second-order valence-corrected chi connectivity index (χ2v) is 6.34. The fraction of sp³-hybridized carbons (Fsp3) is 0.500. The Hall–Kier alpha value is -1.27. The third kappa shape index (κ3) is 3.43. The molecule has 0 radical (unpaired) electrons. The second kappa shape index (κ2) is 6.01. The molecule has 110 valence electrons. The summed E-state index contributed by atoms with van der Waals surface area (Å²) in [7, 11) is 0. The molecule has 0 aromatic heterocycles. The van der Waals surface area contributed by atoms with E-state index in [0.717, 1.165) is 42.5 Å². The van der Waals surface area contributed by atoms with E-state index in [4.69, 9.17) is 10.9 Å². The Bertz CT molecular complexity index is 517. The van der Waals surface area contributed by atoms with Crippen LogP contribution in [-0.2, 0) is 0 Å². The largest absolute Gasteiger partial charge is 0.409 e. The molecule has 0 saturated carbocycles. The quantitative estimate of drug-likeness (QED) is 0.333. The van der Waals surface area contributed by atoms with Crippen LogP contribution in [0.25, 0.3) is 0 Å². The molecule has 1 aliphatic rings. The number of oxime groups is 1. The van der Waals surface area contributed by atoms with Crippen LogP contribution in [-0.4, -0.2) is 34.8 Å². The number of anilines is 1. The number of nitrogens with two attached hydrogens (primary N) is 1. The summed E-state index contributed by atoms with van der Waals surface area (Å²) < 4.78 is 0.906. The highest BCUT2D eigenvalue weighted by molar-refractivity contribution is 9.10. The van der Waals surface area contributed by atoms with E-state index in [0.29, 0.717) is 5.56 Å². The maximum Gasteiger partial charge on any atom is 0.170 e. The minimum absolute atomic E-state index is 0.0936. The van der Waals surface area contributed by atoms with E-state index >= 15 is 0 Å². The predicted molar refractivity (Wildman–Crippen MR) is 83.3 cm³/mol. The third-order valence-electron chi connectivity index (χ3n) is 3.76. The lowest BCUT2D eigenvalue weighted by Gasteiger charge is -2.25. The van der Waals surface area contributed by atoms with Crippen molar-refractivity contribution in [2.45, 2.75) is 31.8 Å². The van der Waals surface area contributed by atoms with Gasteiger partial charge in [0.2, 0.25) is 0 Å². The molecule has 1 atom stereocenters. The molecule has 1 saturated heterocycles. The minimum Gasteiger partial charge on any atom is -0.409 e. The van der Waals surface area contributed by atoms with Crippen LogP contribution in [0.5, 0.6) is 0 Å². The Morgan fingerprint density at radius 2 is 2.15 bits per heavy atom. The molecule has 1 aromatic carbocycles. The normalized spacial score (nSPS) is 24.6. The zero-order chi connectivity index (χ0) is 14.8. The topological polar surface area (TPSA) is 82.1 Å². The van der Waals surface area contributed by atoms with Gasteiger partial charge in [-0.2, -0.15) is 0 Å². The summed E-state index contributed by atoms with van der Waals surface area (Å²) in [5.74, 6) is 0.0936. The van der Waals surface area contributed by atoms with Gasteiger partial charge in [-0.15, -0.1) is 0 Å². The standard InChI is InChI=1S/C14H20BrN3O2/c1-14(19)5-2-7-18(8-6-14)12-4-3-10(9-11(12)15)13(16)17-20/h3-4,9,19-20H,2,5-8H2,1H3,(H2,16,17). The van der Waals surface area contributed by atoms with Crippen molar-refractivity contribution in [2.75, 3.05) is 18.0 Å². The lowest BCUT2D eigenvalue weighted by molar-refractivity contribution is 0.0481. The summed E-state index contributed by atoms with van der Waals surface area (Å²) >= 11 is 3.54. The number of benzene rings is 1. The summed E-state index contributed by atoms with van der Waals surface area (Å²) in [6.07, 6.45) is 2.53. The number of aliphatic hydroxyl groups is 1. The van der Waals surface area contributed by atoms with E-state index in [1.165, 1.54) is 0 Å². The van der Waals surface area contributed by atoms with Crippen LogP contribution in [0.3, 0.4) is 0 Å². The van der Waals surface area contributed by atoms with E-state index < -0.39 is 5.60 Å². The summed E-state index contributed by atoms with van der Waals surface area (Å²) in [6.45, 7) is 3.62. The number of amidine groups is 1. The molecule has 1 unspecified atom stereocenters. The Kier molecular flexibility index (Phi) is 4.55. The zero-order valence-corrected chi connectivity index (χ0v) is 13.1. The second-order valence-electron chi connectivity index (χ2n) is 5.49. The van der Waals surface area contributed by atoms with Crippen molar-refractivity contribution in [1.29, 1.82) is 0 Å². The first-order valence-corrected chi connectivity index (χ1v) is 7.47. The van der Waals surface area contributed by atoms with Crippen LogP contribution in [0.2, 0.25) is 0 Å². The molecule has 0 amide bonds. The monoisotopic (exact) mass is 341 g/mol. The Labute approximate surface area is 127 Å². The van der Waals surface area contributed by atoms with Crippen molar-refractivity contribution in [3.63, 3.8) is 0 Å². The van der Waals surface area contributed by atoms with Crippen molar-refractivity contribution in [3.05, 3.63) is 28.2 Å². The van der Waals surface area contributed by atoms with E-state index in [2.05, 4.69) is 26.0 Å². The van der Waals surface area contributed by atoms with Crippen LogP contribution in [0.1, 0.15) is 31.7 Å². The highest BCUT2D eigenvalue weighted by atomic mass is 79.9. The number of hydrogen-bond donors (Lipinski definition) is 3. The van der Waals surface area contributed by atoms with Crippen LogP contribution in [0.15, 0.2) is 27.8 Å². The van der Waals surface area contributed by atoms with Gasteiger partial charge in [0.15, 0.2) is 5.84 Å². The van der Waals surface area contributed by atoms with Gasteiger partial charge in [-0.3, -0.25) is 0 Å². The first kappa shape index (κ1) is 15.1. The fourth-order valence-corrected chi connectivity index (χ4v) is 3.11. The predicted octanol–water partition coefficient (Wildman–Crippen LogP) is 2.28. The number of rotatable bonds is 2. The van der Waals surface area contributed by atoms with Gasteiger partial charge >= 0.3 is 0 Å². The summed E-state index contributed by atoms with van der Waals surface area (Å²) in [5, 5.41) is 21.8. The van der Waals surface area contributed by atoms with Crippen molar-refractivity contribution < 1.29 is 10.3 Å². The van der Waals surface area contributed by atoms with Crippen molar-refractivity contribution in [2.24, 2.45) is 10.9 Å². The highest BCUT2D eigenvalue weighted by Crippen LogP contribution is 2.31. The average molecular weight is 342 g/mol. The average Bonchev–Trinajstić information content (AvgIpc) is 2.59. The lowest BCUT2D eigenvalue weighted by atomic mass is 9.98. The smallest absolute Gasteiger partial charge is 0.170 e. The summed E-state index contributed by atoms with van der Waals surface area (Å²) in [6, 6.07) is 5.63. The van der Waals surface area contributed by atoms with Crippen LogP contribution in [0.4, 0.5) is 5.69 Å². The molecule has 0 spiro atoms. The van der Waals surface area contributed by atoms with Crippen molar-refractivity contribution in [3.8, 4) is 0 Å². The molecule has 5 nitrogen and oxygen atoms in total. The molecule has 0 aliphatic carbocycles. The van der Waals surface area contributed by atoms with Crippen LogP contribution < -0.4 is 10.6 Å². The molecule has 20 heavy (non-hydrogen) atoms. The van der Waals surface area contributed by atoms with Gasteiger partial charge in [-0.1, -0.05) is 5.16 Å². The first-order valence-electron chi connectivity index (χ1n) is 6.68. The van der Waals surface area contributed by atoms with E-state index in [1.807, 2.05) is 25.1 Å². The van der Waals surface area contributed by atoms with Gasteiger partial charge in [0, 0.05) is 23.1 Å². The minimum atomic E-state index is -0.574. The zero-order valence-electron chi connectivity index (χ0n) is 11.5. The molecule has 1 aromatic rings. The molecular weight excluding hydrogens is 322 g/mol. The number of halogens is 1. The van der Waals surface area contributed by atoms with Gasteiger partial charge in [-0.05, 0) is 60.3 Å². The maximum absolute atomic E-state index is 10.1. The van der Waals surface area contributed by atoms with E-state index in [-0.39, 0.29) is 5.84 Å². The Morgan fingerprint density at radius 1 is 1.40 bits per heavy atom. The van der Waals surface area contributed by atoms with Crippen LogP contribution >= 0.6 is 15.9 Å². The molecular formula is C14H20BrN3O2. The van der Waals surface area contributed by atoms with Gasteiger partial charge < -0.3 is 20.9 Å². The molecule has 2 rings (SSSR count). The molecule has 1 aliphatic heterocycles.